The lowest BCUT2D eigenvalue weighted by Crippen LogP contribution is -2.64. The fourth-order valence-electron chi connectivity index (χ4n) is 3.96. The molecule has 4 rings (SSSR count). The van der Waals surface area contributed by atoms with Crippen molar-refractivity contribution in [3.8, 4) is 5.75 Å². The number of halogens is 2. The molecule has 2 N–H and O–H groups in total. The summed E-state index contributed by atoms with van der Waals surface area (Å²) in [5.41, 5.74) is 0.679. The van der Waals surface area contributed by atoms with Crippen LogP contribution in [0.2, 0.25) is 10.0 Å². The van der Waals surface area contributed by atoms with Crippen LogP contribution in [0.15, 0.2) is 12.1 Å². The number of amides is 1. The van der Waals surface area contributed by atoms with Crippen LogP contribution in [-0.2, 0) is 4.79 Å². The Morgan fingerprint density at radius 2 is 1.96 bits per heavy atom. The normalized spacial score (nSPS) is 28.8. The van der Waals surface area contributed by atoms with E-state index in [1.54, 1.807) is 12.1 Å². The Labute approximate surface area is 145 Å². The zero-order valence-corrected chi connectivity index (χ0v) is 14.1. The first-order valence-electron chi connectivity index (χ1n) is 7.95. The van der Waals surface area contributed by atoms with Crippen molar-refractivity contribution in [3.05, 3.63) is 27.7 Å². The molecule has 0 unspecified atom stereocenters. The molecule has 3 aliphatic rings. The van der Waals surface area contributed by atoms with Crippen molar-refractivity contribution >= 4 is 29.1 Å². The van der Waals surface area contributed by atoms with Crippen LogP contribution < -0.4 is 5.32 Å². The van der Waals surface area contributed by atoms with Gasteiger partial charge in [0.25, 0.3) is 0 Å². The molecule has 1 aromatic rings. The molecule has 124 valence electrons. The Balaban J connectivity index is 1.57. The molecule has 2 atom stereocenters. The molecular formula is C16H19Cl2N3O2. The number of nitrogens with one attached hydrogen (secondary N) is 1. The van der Waals surface area contributed by atoms with E-state index in [1.807, 2.05) is 4.90 Å². The summed E-state index contributed by atoms with van der Waals surface area (Å²) in [4.78, 5) is 16.7. The van der Waals surface area contributed by atoms with Crippen LogP contribution in [0.3, 0.4) is 0 Å². The minimum atomic E-state index is 0.0367. The third kappa shape index (κ3) is 2.60. The van der Waals surface area contributed by atoms with Crippen molar-refractivity contribution in [2.75, 3.05) is 32.7 Å². The number of hydrogen-bond acceptors (Lipinski definition) is 4. The number of piperazine rings is 1. The summed E-state index contributed by atoms with van der Waals surface area (Å²) < 4.78 is 0. The molecule has 5 nitrogen and oxygen atoms in total. The van der Waals surface area contributed by atoms with Crippen molar-refractivity contribution in [2.45, 2.75) is 24.4 Å². The fourth-order valence-corrected chi connectivity index (χ4v) is 4.44. The summed E-state index contributed by atoms with van der Waals surface area (Å²) in [7, 11) is 0. The third-order valence-corrected chi connectivity index (χ3v) is 6.13. The number of phenols is 1. The van der Waals surface area contributed by atoms with Gasteiger partial charge >= 0.3 is 0 Å². The van der Waals surface area contributed by atoms with Crippen molar-refractivity contribution < 1.29 is 9.90 Å². The number of phenolic OH excluding ortho intramolecular Hbond substituents is 1. The van der Waals surface area contributed by atoms with Crippen LogP contribution in [0.4, 0.5) is 0 Å². The van der Waals surface area contributed by atoms with Gasteiger partial charge in [-0.05, 0) is 18.6 Å². The van der Waals surface area contributed by atoms with E-state index in [9.17, 15) is 9.90 Å². The molecule has 0 bridgehead atoms. The van der Waals surface area contributed by atoms with Crippen LogP contribution in [0.5, 0.6) is 5.75 Å². The van der Waals surface area contributed by atoms with E-state index in [1.165, 1.54) is 0 Å². The Morgan fingerprint density at radius 1 is 1.17 bits per heavy atom. The minimum absolute atomic E-state index is 0.0367. The second kappa shape index (κ2) is 5.81. The number of fused-ring (bicyclic) bond motifs is 1. The Hall–Kier alpha value is -1.01. The predicted molar refractivity (Wildman–Crippen MR) is 89.2 cm³/mol. The van der Waals surface area contributed by atoms with E-state index >= 15 is 0 Å². The second-order valence-electron chi connectivity index (χ2n) is 6.67. The summed E-state index contributed by atoms with van der Waals surface area (Å²) in [5, 5.41) is 14.3. The van der Waals surface area contributed by atoms with E-state index in [0.717, 1.165) is 26.1 Å². The molecule has 0 aliphatic carbocycles. The molecule has 0 aromatic heterocycles. The number of nitrogens with zero attached hydrogens (tertiary/aromatic N) is 2. The van der Waals surface area contributed by atoms with Crippen LogP contribution in [-0.4, -0.2) is 65.6 Å². The Kier molecular flexibility index (Phi) is 3.92. The van der Waals surface area contributed by atoms with Gasteiger partial charge in [-0.3, -0.25) is 9.69 Å². The third-order valence-electron chi connectivity index (χ3n) is 5.31. The van der Waals surface area contributed by atoms with Gasteiger partial charge in [-0.1, -0.05) is 23.2 Å². The number of rotatable bonds is 2. The summed E-state index contributed by atoms with van der Waals surface area (Å²) in [6.45, 7) is 3.92. The first-order valence-corrected chi connectivity index (χ1v) is 8.71. The van der Waals surface area contributed by atoms with Gasteiger partial charge in [-0.15, -0.1) is 0 Å². The van der Waals surface area contributed by atoms with E-state index in [4.69, 9.17) is 23.2 Å². The summed E-state index contributed by atoms with van der Waals surface area (Å²) >= 11 is 12.4. The molecule has 0 radical (unpaired) electrons. The lowest BCUT2D eigenvalue weighted by Gasteiger charge is -2.44. The number of carbonyl (C=O) groups is 1. The van der Waals surface area contributed by atoms with Crippen LogP contribution in [0.25, 0.3) is 0 Å². The van der Waals surface area contributed by atoms with Gasteiger partial charge in [0.15, 0.2) is 0 Å². The SMILES string of the molecule is O=C1CN(C2CNC2)C[C@@H]2C[C@H](c3c(O)ccc(Cl)c3Cl)CN12. The van der Waals surface area contributed by atoms with E-state index in [-0.39, 0.29) is 23.6 Å². The van der Waals surface area contributed by atoms with Crippen LogP contribution in [0, 0.1) is 0 Å². The van der Waals surface area contributed by atoms with Crippen molar-refractivity contribution in [2.24, 2.45) is 0 Å². The average molecular weight is 356 g/mol. The van der Waals surface area contributed by atoms with E-state index in [0.29, 0.717) is 34.7 Å². The molecule has 0 saturated carbocycles. The highest BCUT2D eigenvalue weighted by atomic mass is 35.5. The smallest absolute Gasteiger partial charge is 0.237 e. The Bertz CT molecular complexity index is 650. The number of aromatic hydroxyl groups is 1. The lowest BCUT2D eigenvalue weighted by molar-refractivity contribution is -0.139. The quantitative estimate of drug-likeness (QED) is 0.847. The zero-order valence-electron chi connectivity index (χ0n) is 12.6. The largest absolute Gasteiger partial charge is 0.508 e. The second-order valence-corrected chi connectivity index (χ2v) is 7.45. The first kappa shape index (κ1) is 15.5. The van der Waals surface area contributed by atoms with Crippen molar-refractivity contribution in [3.63, 3.8) is 0 Å². The molecule has 1 aromatic carbocycles. The Morgan fingerprint density at radius 3 is 2.65 bits per heavy atom. The topological polar surface area (TPSA) is 55.8 Å². The highest BCUT2D eigenvalue weighted by Crippen LogP contribution is 2.43. The maximum Gasteiger partial charge on any atom is 0.237 e. The fraction of sp³-hybridized carbons (Fsp3) is 0.562. The minimum Gasteiger partial charge on any atom is -0.508 e. The van der Waals surface area contributed by atoms with Gasteiger partial charge in [0, 0.05) is 49.7 Å². The van der Waals surface area contributed by atoms with Crippen molar-refractivity contribution in [1.82, 2.24) is 15.1 Å². The first-order chi connectivity index (χ1) is 11.0. The molecular weight excluding hydrogens is 337 g/mol. The van der Waals surface area contributed by atoms with Gasteiger partial charge in [0.05, 0.1) is 16.6 Å². The van der Waals surface area contributed by atoms with Crippen LogP contribution in [0.1, 0.15) is 17.9 Å². The number of carbonyl (C=O) groups excluding carboxylic acids is 1. The zero-order chi connectivity index (χ0) is 16.1. The van der Waals surface area contributed by atoms with Gasteiger partial charge < -0.3 is 15.3 Å². The maximum absolute atomic E-state index is 12.5. The molecule has 3 saturated heterocycles. The molecule has 23 heavy (non-hydrogen) atoms. The van der Waals surface area contributed by atoms with Crippen LogP contribution >= 0.6 is 23.2 Å². The molecule has 3 aliphatic heterocycles. The van der Waals surface area contributed by atoms with E-state index < -0.39 is 0 Å². The summed E-state index contributed by atoms with van der Waals surface area (Å²) in [5.74, 6) is 0.375. The lowest BCUT2D eigenvalue weighted by atomic mass is 9.94. The monoisotopic (exact) mass is 355 g/mol. The van der Waals surface area contributed by atoms with Crippen molar-refractivity contribution in [1.29, 1.82) is 0 Å². The molecule has 0 spiro atoms. The maximum atomic E-state index is 12.5. The molecule has 3 heterocycles. The highest BCUT2D eigenvalue weighted by molar-refractivity contribution is 6.42. The standard InChI is InChI=1S/C16H19Cl2N3O2/c17-12-1-2-13(22)15(16(12)18)9-3-10-7-20(11-4-19-5-11)8-14(23)21(10)6-9/h1-2,9-11,19,22H,3-8H2/t9-,10-/m0/s1. The highest BCUT2D eigenvalue weighted by Gasteiger charge is 2.44. The molecule has 3 fully saturated rings. The summed E-state index contributed by atoms with van der Waals surface area (Å²) in [6, 6.07) is 3.84. The predicted octanol–water partition coefficient (Wildman–Crippen LogP) is 1.67. The van der Waals surface area contributed by atoms with E-state index in [2.05, 4.69) is 10.2 Å². The molecule has 1 amide bonds. The number of benzene rings is 1. The van der Waals surface area contributed by atoms with Gasteiger partial charge in [-0.2, -0.15) is 0 Å². The van der Waals surface area contributed by atoms with Gasteiger partial charge in [0.2, 0.25) is 5.91 Å². The average Bonchev–Trinajstić information content (AvgIpc) is 2.86. The van der Waals surface area contributed by atoms with Gasteiger partial charge in [-0.25, -0.2) is 0 Å². The molecule has 7 heteroatoms. The van der Waals surface area contributed by atoms with Gasteiger partial charge in [0.1, 0.15) is 5.75 Å². The summed E-state index contributed by atoms with van der Waals surface area (Å²) in [6.07, 6.45) is 0.815. The number of hydrogen-bond donors (Lipinski definition) is 2.